The van der Waals surface area contributed by atoms with E-state index in [1.54, 1.807) is 12.1 Å². The lowest BCUT2D eigenvalue weighted by molar-refractivity contribution is 0.254. The van der Waals surface area contributed by atoms with Gasteiger partial charge in [0.25, 0.3) is 0 Å². The van der Waals surface area contributed by atoms with Gasteiger partial charge < -0.3 is 10.1 Å². The van der Waals surface area contributed by atoms with Crippen molar-refractivity contribution in [2.45, 2.75) is 25.5 Å². The van der Waals surface area contributed by atoms with Gasteiger partial charge in [-0.3, -0.25) is 0 Å². The molecule has 0 spiro atoms. The van der Waals surface area contributed by atoms with Gasteiger partial charge in [0.1, 0.15) is 17.7 Å². The van der Waals surface area contributed by atoms with Gasteiger partial charge in [-0.25, -0.2) is 4.39 Å². The summed E-state index contributed by atoms with van der Waals surface area (Å²) in [4.78, 5) is 0. The van der Waals surface area contributed by atoms with Gasteiger partial charge in [-0.1, -0.05) is 29.8 Å². The van der Waals surface area contributed by atoms with E-state index in [0.29, 0.717) is 0 Å². The molecule has 0 aromatic heterocycles. The molecule has 0 bridgehead atoms. The van der Waals surface area contributed by atoms with Crippen LogP contribution in [0.4, 0.5) is 4.39 Å². The highest BCUT2D eigenvalue weighted by atomic mass is 35.5. The third-order valence-corrected chi connectivity index (χ3v) is 4.11. The van der Waals surface area contributed by atoms with E-state index in [0.717, 1.165) is 23.3 Å². The molecule has 21 heavy (non-hydrogen) atoms. The van der Waals surface area contributed by atoms with E-state index in [1.165, 1.54) is 11.6 Å². The quantitative estimate of drug-likeness (QED) is 0.921. The Balaban J connectivity index is 1.97. The highest BCUT2D eigenvalue weighted by molar-refractivity contribution is 6.30. The molecule has 0 amide bonds. The molecule has 4 heteroatoms. The van der Waals surface area contributed by atoms with Gasteiger partial charge in [0.2, 0.25) is 0 Å². The van der Waals surface area contributed by atoms with Crippen molar-refractivity contribution in [1.82, 2.24) is 5.32 Å². The maximum atomic E-state index is 13.3. The maximum absolute atomic E-state index is 13.3. The van der Waals surface area contributed by atoms with Crippen molar-refractivity contribution in [3.8, 4) is 5.75 Å². The Kier molecular flexibility index (Phi) is 3.87. The predicted octanol–water partition coefficient (Wildman–Crippen LogP) is 4.11. The second-order valence-electron chi connectivity index (χ2n) is 5.39. The summed E-state index contributed by atoms with van der Waals surface area (Å²) in [6.07, 6.45) is 1.15. The number of halogens is 2. The molecule has 1 N–H and O–H groups in total. The van der Waals surface area contributed by atoms with Crippen molar-refractivity contribution >= 4 is 11.6 Å². The van der Waals surface area contributed by atoms with Crippen LogP contribution >= 0.6 is 11.6 Å². The van der Waals surface area contributed by atoms with Gasteiger partial charge in [0.15, 0.2) is 0 Å². The molecule has 0 fully saturated rings. The first-order valence-electron chi connectivity index (χ1n) is 7.00. The number of benzene rings is 2. The minimum Gasteiger partial charge on any atom is -0.490 e. The predicted molar refractivity (Wildman–Crippen MR) is 82.5 cm³/mol. The van der Waals surface area contributed by atoms with Crippen molar-refractivity contribution in [3.63, 3.8) is 0 Å². The number of rotatable bonds is 3. The SMILES string of the molecule is CNC(c1ccc(F)c(Cl)c1)c1ccc2c(c1)CC(C)O2. The lowest BCUT2D eigenvalue weighted by Gasteiger charge is -2.18. The van der Waals surface area contributed by atoms with Crippen LogP contribution in [-0.2, 0) is 6.42 Å². The Morgan fingerprint density at radius 3 is 2.67 bits per heavy atom. The van der Waals surface area contributed by atoms with Gasteiger partial charge in [0.05, 0.1) is 11.1 Å². The minimum atomic E-state index is -0.397. The number of hydrogen-bond acceptors (Lipinski definition) is 2. The zero-order valence-corrected chi connectivity index (χ0v) is 12.7. The molecule has 0 radical (unpaired) electrons. The molecule has 110 valence electrons. The summed E-state index contributed by atoms with van der Waals surface area (Å²) in [5.74, 6) is 0.560. The molecule has 0 saturated heterocycles. The molecule has 3 rings (SSSR count). The molecule has 1 heterocycles. The lowest BCUT2D eigenvalue weighted by Crippen LogP contribution is -2.17. The van der Waals surface area contributed by atoms with Gasteiger partial charge in [-0.2, -0.15) is 0 Å². The summed E-state index contributed by atoms with van der Waals surface area (Å²) in [7, 11) is 1.88. The second-order valence-corrected chi connectivity index (χ2v) is 5.80. The number of ether oxygens (including phenoxy) is 1. The standard InChI is InChI=1S/C17H17ClFNO/c1-10-7-13-8-11(4-6-16(13)21-10)17(20-2)12-3-5-15(19)14(18)9-12/h3-6,8-10,17,20H,7H2,1-2H3. The van der Waals surface area contributed by atoms with Gasteiger partial charge in [-0.05, 0) is 48.9 Å². The van der Waals surface area contributed by atoms with E-state index in [-0.39, 0.29) is 17.2 Å². The van der Waals surface area contributed by atoms with Crippen LogP contribution in [-0.4, -0.2) is 13.2 Å². The van der Waals surface area contributed by atoms with Crippen LogP contribution < -0.4 is 10.1 Å². The van der Waals surface area contributed by atoms with Crippen LogP contribution in [0, 0.1) is 5.82 Å². The first-order valence-corrected chi connectivity index (χ1v) is 7.38. The molecule has 2 unspecified atom stereocenters. The van der Waals surface area contributed by atoms with Crippen LogP contribution in [0.25, 0.3) is 0 Å². The zero-order chi connectivity index (χ0) is 15.0. The van der Waals surface area contributed by atoms with E-state index in [1.807, 2.05) is 19.2 Å². The Bertz CT molecular complexity index is 674. The molecule has 2 aromatic rings. The van der Waals surface area contributed by atoms with Crippen LogP contribution in [0.1, 0.15) is 29.7 Å². The van der Waals surface area contributed by atoms with E-state index < -0.39 is 5.82 Å². The fourth-order valence-corrected chi connectivity index (χ4v) is 3.03. The Labute approximate surface area is 128 Å². The van der Waals surface area contributed by atoms with Gasteiger partial charge in [0, 0.05) is 6.42 Å². The van der Waals surface area contributed by atoms with Crippen molar-refractivity contribution in [2.24, 2.45) is 0 Å². The molecule has 2 aromatic carbocycles. The molecular formula is C17H17ClFNO. The molecule has 1 aliphatic rings. The molecule has 2 nitrogen and oxygen atoms in total. The topological polar surface area (TPSA) is 21.3 Å². The van der Waals surface area contributed by atoms with E-state index >= 15 is 0 Å². The summed E-state index contributed by atoms with van der Waals surface area (Å²) in [5, 5.41) is 3.41. The van der Waals surface area contributed by atoms with E-state index in [9.17, 15) is 4.39 Å². The molecule has 0 aliphatic carbocycles. The Hall–Kier alpha value is -1.58. The average Bonchev–Trinajstić information content (AvgIpc) is 2.83. The Morgan fingerprint density at radius 1 is 1.24 bits per heavy atom. The van der Waals surface area contributed by atoms with Crippen molar-refractivity contribution in [1.29, 1.82) is 0 Å². The normalized spacial score (nSPS) is 18.2. The van der Waals surface area contributed by atoms with Crippen molar-refractivity contribution in [2.75, 3.05) is 7.05 Å². The van der Waals surface area contributed by atoms with E-state index in [2.05, 4.69) is 18.3 Å². The third-order valence-electron chi connectivity index (χ3n) is 3.82. The number of nitrogens with one attached hydrogen (secondary N) is 1. The van der Waals surface area contributed by atoms with Gasteiger partial charge in [-0.15, -0.1) is 0 Å². The van der Waals surface area contributed by atoms with Crippen LogP contribution in [0.5, 0.6) is 5.75 Å². The summed E-state index contributed by atoms with van der Waals surface area (Å²) in [6, 6.07) is 11.0. The lowest BCUT2D eigenvalue weighted by atomic mass is 9.96. The fraction of sp³-hybridized carbons (Fsp3) is 0.294. The van der Waals surface area contributed by atoms with Crippen molar-refractivity contribution < 1.29 is 9.13 Å². The molecule has 1 aliphatic heterocycles. The minimum absolute atomic E-state index is 0.0238. The second kappa shape index (κ2) is 5.66. The highest BCUT2D eigenvalue weighted by Gasteiger charge is 2.21. The molecule has 0 saturated carbocycles. The summed E-state index contributed by atoms with van der Waals surface area (Å²) in [5.41, 5.74) is 3.28. The highest BCUT2D eigenvalue weighted by Crippen LogP contribution is 2.33. The summed E-state index contributed by atoms with van der Waals surface area (Å²) >= 11 is 5.89. The van der Waals surface area contributed by atoms with E-state index in [4.69, 9.17) is 16.3 Å². The molecule has 2 atom stereocenters. The third kappa shape index (κ3) is 2.76. The Morgan fingerprint density at radius 2 is 1.95 bits per heavy atom. The first kappa shape index (κ1) is 14.4. The number of fused-ring (bicyclic) bond motifs is 1. The number of hydrogen-bond donors (Lipinski definition) is 1. The van der Waals surface area contributed by atoms with Crippen LogP contribution in [0.3, 0.4) is 0 Å². The monoisotopic (exact) mass is 305 g/mol. The van der Waals surface area contributed by atoms with Gasteiger partial charge >= 0.3 is 0 Å². The maximum Gasteiger partial charge on any atom is 0.141 e. The van der Waals surface area contributed by atoms with Crippen LogP contribution in [0.15, 0.2) is 36.4 Å². The fourth-order valence-electron chi connectivity index (χ4n) is 2.84. The largest absolute Gasteiger partial charge is 0.490 e. The van der Waals surface area contributed by atoms with Crippen LogP contribution in [0.2, 0.25) is 5.02 Å². The first-order chi connectivity index (χ1) is 10.1. The zero-order valence-electron chi connectivity index (χ0n) is 12.0. The summed E-state index contributed by atoms with van der Waals surface area (Å²) < 4.78 is 19.0. The summed E-state index contributed by atoms with van der Waals surface area (Å²) in [6.45, 7) is 2.06. The molecular weight excluding hydrogens is 289 g/mol. The average molecular weight is 306 g/mol. The smallest absolute Gasteiger partial charge is 0.141 e. The van der Waals surface area contributed by atoms with Crippen molar-refractivity contribution in [3.05, 3.63) is 63.9 Å².